The minimum absolute atomic E-state index is 0.0114. The number of aromatic amines is 1. The summed E-state index contributed by atoms with van der Waals surface area (Å²) in [5.74, 6) is 0.474. The molecule has 0 spiro atoms. The number of nitrogens with one attached hydrogen (secondary N) is 1. The Morgan fingerprint density at radius 1 is 1.33 bits per heavy atom. The van der Waals surface area contributed by atoms with Crippen molar-refractivity contribution in [1.29, 1.82) is 0 Å². The fourth-order valence-electron chi connectivity index (χ4n) is 3.99. The highest BCUT2D eigenvalue weighted by Crippen LogP contribution is 2.29. The van der Waals surface area contributed by atoms with Crippen molar-refractivity contribution in [1.82, 2.24) is 24.9 Å². The Hall–Kier alpha value is -2.20. The molecule has 2 atom stereocenters. The number of carbonyl (C=O) groups is 1. The first-order valence-electron chi connectivity index (χ1n) is 9.15. The van der Waals surface area contributed by atoms with Gasteiger partial charge in [-0.05, 0) is 6.42 Å². The first kappa shape index (κ1) is 18.2. The maximum atomic E-state index is 13.0. The third-order valence-corrected chi connectivity index (χ3v) is 6.95. The van der Waals surface area contributed by atoms with Crippen LogP contribution in [0.4, 0.5) is 0 Å². The van der Waals surface area contributed by atoms with Crippen molar-refractivity contribution >= 4 is 15.7 Å². The first-order valence-corrected chi connectivity index (χ1v) is 11.0. The third kappa shape index (κ3) is 3.63. The fourth-order valence-corrected chi connectivity index (χ4v) is 6.00. The second-order valence-corrected chi connectivity index (χ2v) is 9.34. The van der Waals surface area contributed by atoms with Gasteiger partial charge < -0.3 is 14.4 Å². The number of imidazole rings is 1. The summed E-state index contributed by atoms with van der Waals surface area (Å²) in [7, 11) is -3.20. The third-order valence-electron chi connectivity index (χ3n) is 5.25. The molecule has 2 aromatic heterocycles. The number of rotatable bonds is 5. The second-order valence-electron chi connectivity index (χ2n) is 7.19. The molecule has 0 aliphatic carbocycles. The van der Waals surface area contributed by atoms with Crippen LogP contribution in [-0.2, 0) is 22.8 Å². The highest BCUT2D eigenvalue weighted by Gasteiger charge is 2.48. The van der Waals surface area contributed by atoms with Crippen LogP contribution in [0.15, 0.2) is 23.1 Å². The molecule has 4 heterocycles. The molecular formula is C17H23N5O4S. The van der Waals surface area contributed by atoms with Crippen molar-refractivity contribution in [2.45, 2.75) is 38.4 Å². The van der Waals surface area contributed by atoms with Crippen molar-refractivity contribution < 1.29 is 17.7 Å². The summed E-state index contributed by atoms with van der Waals surface area (Å²) < 4.78 is 29.9. The average Bonchev–Trinajstić information content (AvgIpc) is 3.34. The molecule has 0 radical (unpaired) electrons. The van der Waals surface area contributed by atoms with Gasteiger partial charge in [0.2, 0.25) is 0 Å². The molecule has 2 aliphatic rings. The number of carbonyl (C=O) groups excluding carboxylic acids is 1. The van der Waals surface area contributed by atoms with E-state index >= 15 is 0 Å². The van der Waals surface area contributed by atoms with E-state index in [9.17, 15) is 13.2 Å². The molecule has 2 saturated heterocycles. The van der Waals surface area contributed by atoms with Crippen LogP contribution in [0.1, 0.15) is 35.3 Å². The normalized spacial score (nSPS) is 24.9. The summed E-state index contributed by atoms with van der Waals surface area (Å²) >= 11 is 0. The van der Waals surface area contributed by atoms with Crippen molar-refractivity contribution in [3.05, 3.63) is 35.7 Å². The molecule has 1 N–H and O–H groups in total. The van der Waals surface area contributed by atoms with Crippen molar-refractivity contribution in [3.8, 4) is 0 Å². The summed E-state index contributed by atoms with van der Waals surface area (Å²) in [4.78, 5) is 23.8. The lowest BCUT2D eigenvalue weighted by Crippen LogP contribution is -2.60. The zero-order chi connectivity index (χ0) is 19.0. The number of hydrogen-bond acceptors (Lipinski definition) is 7. The Morgan fingerprint density at radius 2 is 2.15 bits per heavy atom. The predicted molar refractivity (Wildman–Crippen MR) is 96.8 cm³/mol. The molecule has 0 aromatic carbocycles. The van der Waals surface area contributed by atoms with E-state index in [1.165, 1.54) is 0 Å². The molecule has 4 rings (SSSR count). The van der Waals surface area contributed by atoms with E-state index in [1.807, 2.05) is 6.92 Å². The van der Waals surface area contributed by atoms with Gasteiger partial charge in [0.1, 0.15) is 5.76 Å². The molecule has 146 valence electrons. The number of sulfone groups is 1. The van der Waals surface area contributed by atoms with Crippen LogP contribution < -0.4 is 0 Å². The van der Waals surface area contributed by atoms with E-state index in [0.717, 1.165) is 18.5 Å². The Labute approximate surface area is 157 Å². The molecule has 2 aromatic rings. The van der Waals surface area contributed by atoms with Gasteiger partial charge in [-0.15, -0.1) is 0 Å². The van der Waals surface area contributed by atoms with E-state index in [-0.39, 0.29) is 35.2 Å². The van der Waals surface area contributed by atoms with Crippen LogP contribution in [0.3, 0.4) is 0 Å². The van der Waals surface area contributed by atoms with E-state index in [2.05, 4.69) is 20.0 Å². The summed E-state index contributed by atoms with van der Waals surface area (Å²) in [6.07, 6.45) is 4.97. The summed E-state index contributed by atoms with van der Waals surface area (Å²) in [6.45, 7) is 3.67. The molecular weight excluding hydrogens is 370 g/mol. The van der Waals surface area contributed by atoms with E-state index in [0.29, 0.717) is 25.4 Å². The van der Waals surface area contributed by atoms with Gasteiger partial charge in [0.05, 0.1) is 23.9 Å². The van der Waals surface area contributed by atoms with Gasteiger partial charge in [-0.2, -0.15) is 0 Å². The van der Waals surface area contributed by atoms with Gasteiger partial charge in [0.15, 0.2) is 15.5 Å². The molecule has 2 fully saturated rings. The number of nitrogens with zero attached hydrogens (tertiary/aromatic N) is 4. The van der Waals surface area contributed by atoms with Gasteiger partial charge in [-0.3, -0.25) is 9.69 Å². The lowest BCUT2D eigenvalue weighted by molar-refractivity contribution is 0.0295. The number of hydrogen-bond donors (Lipinski definition) is 1. The van der Waals surface area contributed by atoms with Crippen LogP contribution in [0.5, 0.6) is 0 Å². The Balaban J connectivity index is 1.55. The summed E-state index contributed by atoms with van der Waals surface area (Å²) in [6, 6.07) is 1.07. The second kappa shape index (κ2) is 7.08. The van der Waals surface area contributed by atoms with Crippen molar-refractivity contribution in [2.24, 2.45) is 0 Å². The van der Waals surface area contributed by atoms with E-state index in [1.54, 1.807) is 23.5 Å². The minimum atomic E-state index is -3.20. The minimum Gasteiger partial charge on any atom is -0.361 e. The van der Waals surface area contributed by atoms with Gasteiger partial charge in [0, 0.05) is 50.1 Å². The number of H-pyrrole nitrogens is 1. The topological polar surface area (TPSA) is 112 Å². The monoisotopic (exact) mass is 393 g/mol. The Bertz CT molecular complexity index is 908. The first-order chi connectivity index (χ1) is 13.0. The van der Waals surface area contributed by atoms with Crippen molar-refractivity contribution in [3.63, 3.8) is 0 Å². The molecule has 27 heavy (non-hydrogen) atoms. The molecule has 1 amide bonds. The maximum absolute atomic E-state index is 13.0. The van der Waals surface area contributed by atoms with Crippen LogP contribution in [0.2, 0.25) is 0 Å². The standard InChI is InChI=1S/C17H23N5O4S/c1-2-3-13-6-14(20-26-13)17(23)22-5-4-21(8-12-7-18-11-19-12)15-9-27(24,25)10-16(15)22/h6-7,11,15-16H,2-5,8-10H2,1H3,(H,18,19)/t15-,16+/m1/s1. The van der Waals surface area contributed by atoms with Crippen molar-refractivity contribution in [2.75, 3.05) is 24.6 Å². The maximum Gasteiger partial charge on any atom is 0.276 e. The summed E-state index contributed by atoms with van der Waals surface area (Å²) in [5, 5.41) is 3.90. The Kier molecular flexibility index (Phi) is 4.77. The highest BCUT2D eigenvalue weighted by atomic mass is 32.2. The zero-order valence-corrected chi connectivity index (χ0v) is 16.0. The van der Waals surface area contributed by atoms with Gasteiger partial charge >= 0.3 is 0 Å². The summed E-state index contributed by atoms with van der Waals surface area (Å²) in [5.41, 5.74) is 1.18. The number of aromatic nitrogens is 3. The molecule has 9 nitrogen and oxygen atoms in total. The number of fused-ring (bicyclic) bond motifs is 1. The smallest absolute Gasteiger partial charge is 0.276 e. The molecule has 0 saturated carbocycles. The number of aryl methyl sites for hydroxylation is 1. The number of amides is 1. The average molecular weight is 393 g/mol. The van der Waals surface area contributed by atoms with Gasteiger partial charge in [-0.25, -0.2) is 13.4 Å². The number of piperazine rings is 1. The highest BCUT2D eigenvalue weighted by molar-refractivity contribution is 7.91. The van der Waals surface area contributed by atoms with Crippen LogP contribution in [-0.4, -0.2) is 75.9 Å². The predicted octanol–water partition coefficient (Wildman–Crippen LogP) is 0.474. The van der Waals surface area contributed by atoms with E-state index in [4.69, 9.17) is 4.52 Å². The lowest BCUT2D eigenvalue weighted by atomic mass is 10.0. The van der Waals surface area contributed by atoms with Crippen LogP contribution >= 0.6 is 0 Å². The molecule has 0 bridgehead atoms. The van der Waals surface area contributed by atoms with Crippen LogP contribution in [0, 0.1) is 0 Å². The molecule has 0 unspecified atom stereocenters. The molecule has 2 aliphatic heterocycles. The van der Waals surface area contributed by atoms with Crippen LogP contribution in [0.25, 0.3) is 0 Å². The molecule has 10 heteroatoms. The SMILES string of the molecule is CCCc1cc(C(=O)N2CCN(Cc3cnc[nH]3)[C@@H]3CS(=O)(=O)C[C@@H]32)no1. The largest absolute Gasteiger partial charge is 0.361 e. The Morgan fingerprint density at radius 3 is 2.89 bits per heavy atom. The van der Waals surface area contributed by atoms with Gasteiger partial charge in [0.25, 0.3) is 5.91 Å². The fraction of sp³-hybridized carbons (Fsp3) is 0.588. The zero-order valence-electron chi connectivity index (χ0n) is 15.2. The quantitative estimate of drug-likeness (QED) is 0.786. The lowest BCUT2D eigenvalue weighted by Gasteiger charge is -2.43. The van der Waals surface area contributed by atoms with Gasteiger partial charge in [-0.1, -0.05) is 12.1 Å². The van der Waals surface area contributed by atoms with E-state index < -0.39 is 9.84 Å².